The maximum absolute atomic E-state index is 12.7. The molecule has 0 heterocycles. The minimum absolute atomic E-state index is 0.213. The molecule has 240 valence electrons. The van der Waals surface area contributed by atoms with Crippen LogP contribution in [0, 0.1) is 5.92 Å². The standard InChI is InChI=1S/C35H70O5/c1-3-5-7-9-11-13-15-17-19-21-23-25-27-29-34(38)33(35(39)40-31-32(37)30-36)28-26-24-22-20-18-16-14-12-10-8-6-4-2/h32-34,36-38H,3-31H2,1-2H3/t32-,33+,34+/m0/s1. The number of hydrogen-bond donors (Lipinski definition) is 3. The fourth-order valence-corrected chi connectivity index (χ4v) is 5.58. The van der Waals surface area contributed by atoms with Crippen LogP contribution in [0.5, 0.6) is 0 Å². The molecule has 3 atom stereocenters. The zero-order valence-corrected chi connectivity index (χ0v) is 26.9. The zero-order chi connectivity index (χ0) is 29.5. The van der Waals surface area contributed by atoms with Gasteiger partial charge in [-0.15, -0.1) is 0 Å². The number of ether oxygens (including phenoxy) is 1. The molecule has 0 saturated heterocycles. The Morgan fingerprint density at radius 1 is 0.525 bits per heavy atom. The van der Waals surface area contributed by atoms with Crippen molar-refractivity contribution < 1.29 is 24.9 Å². The third-order valence-electron chi connectivity index (χ3n) is 8.37. The molecule has 0 amide bonds. The molecule has 40 heavy (non-hydrogen) atoms. The predicted octanol–water partition coefficient (Wildman–Crippen LogP) is 9.43. The molecule has 3 N–H and O–H groups in total. The molecular formula is C35H70O5. The number of rotatable bonds is 32. The monoisotopic (exact) mass is 571 g/mol. The molecule has 5 heteroatoms. The minimum Gasteiger partial charge on any atom is -0.463 e. The van der Waals surface area contributed by atoms with Gasteiger partial charge in [0.1, 0.15) is 12.7 Å². The van der Waals surface area contributed by atoms with Crippen LogP contribution in [-0.2, 0) is 9.53 Å². The van der Waals surface area contributed by atoms with Gasteiger partial charge in [-0.1, -0.05) is 174 Å². The minimum atomic E-state index is -1.06. The molecule has 0 aromatic carbocycles. The van der Waals surface area contributed by atoms with Crippen LogP contribution in [0.15, 0.2) is 0 Å². The van der Waals surface area contributed by atoms with E-state index < -0.39 is 30.7 Å². The number of hydrogen-bond acceptors (Lipinski definition) is 5. The number of unbranched alkanes of at least 4 members (excludes halogenated alkanes) is 23. The largest absolute Gasteiger partial charge is 0.463 e. The summed E-state index contributed by atoms with van der Waals surface area (Å²) in [6.45, 7) is 3.88. The molecule has 0 spiro atoms. The molecule has 0 aliphatic heterocycles. The van der Waals surface area contributed by atoms with Crippen LogP contribution in [0.1, 0.15) is 187 Å². The quantitative estimate of drug-likeness (QED) is 0.0554. The first-order valence-electron chi connectivity index (χ1n) is 17.7. The van der Waals surface area contributed by atoms with Crippen molar-refractivity contribution in [1.29, 1.82) is 0 Å². The van der Waals surface area contributed by atoms with Crippen molar-refractivity contribution in [2.24, 2.45) is 5.92 Å². The Kier molecular flexibility index (Phi) is 30.8. The molecule has 0 unspecified atom stereocenters. The smallest absolute Gasteiger partial charge is 0.311 e. The third-order valence-corrected chi connectivity index (χ3v) is 8.37. The van der Waals surface area contributed by atoms with E-state index in [0.717, 1.165) is 25.7 Å². The molecule has 0 aromatic rings. The molecular weight excluding hydrogens is 500 g/mol. The van der Waals surface area contributed by atoms with Crippen molar-refractivity contribution in [1.82, 2.24) is 0 Å². The summed E-state index contributed by atoms with van der Waals surface area (Å²) < 4.78 is 5.25. The predicted molar refractivity (Wildman–Crippen MR) is 170 cm³/mol. The Balaban J connectivity index is 4.06. The summed E-state index contributed by atoms with van der Waals surface area (Å²) in [5.41, 5.74) is 0. The van der Waals surface area contributed by atoms with E-state index in [1.807, 2.05) is 0 Å². The molecule has 0 radical (unpaired) electrons. The molecule has 5 nitrogen and oxygen atoms in total. The van der Waals surface area contributed by atoms with Crippen molar-refractivity contribution in [3.8, 4) is 0 Å². The second kappa shape index (κ2) is 31.3. The number of esters is 1. The van der Waals surface area contributed by atoms with Gasteiger partial charge < -0.3 is 20.1 Å². The van der Waals surface area contributed by atoms with E-state index in [9.17, 15) is 15.0 Å². The van der Waals surface area contributed by atoms with Gasteiger partial charge in [-0.05, 0) is 12.8 Å². The van der Waals surface area contributed by atoms with Crippen molar-refractivity contribution in [2.75, 3.05) is 13.2 Å². The van der Waals surface area contributed by atoms with Crippen molar-refractivity contribution in [3.05, 3.63) is 0 Å². The van der Waals surface area contributed by atoms with Gasteiger partial charge in [0.05, 0.1) is 18.6 Å². The van der Waals surface area contributed by atoms with E-state index >= 15 is 0 Å². The van der Waals surface area contributed by atoms with Crippen LogP contribution in [-0.4, -0.2) is 46.7 Å². The Morgan fingerprint density at radius 2 is 0.850 bits per heavy atom. The van der Waals surface area contributed by atoms with Crippen molar-refractivity contribution in [2.45, 2.75) is 199 Å². The molecule has 0 fully saturated rings. The highest BCUT2D eigenvalue weighted by Crippen LogP contribution is 2.22. The highest BCUT2D eigenvalue weighted by molar-refractivity contribution is 5.73. The first-order valence-corrected chi connectivity index (χ1v) is 17.7. The summed E-state index contributed by atoms with van der Waals surface area (Å²) in [6, 6.07) is 0. The Bertz CT molecular complexity index is 512. The first kappa shape index (κ1) is 39.4. The lowest BCUT2D eigenvalue weighted by atomic mass is 9.91. The van der Waals surface area contributed by atoms with Gasteiger partial charge in [-0.2, -0.15) is 0 Å². The fraction of sp³-hybridized carbons (Fsp3) is 0.971. The molecule has 0 saturated carbocycles. The summed E-state index contributed by atoms with van der Waals surface area (Å²) in [7, 11) is 0. The average molecular weight is 571 g/mol. The number of aliphatic hydroxyl groups excluding tert-OH is 3. The topological polar surface area (TPSA) is 87.0 Å². The summed E-state index contributed by atoms with van der Waals surface area (Å²) in [5, 5.41) is 29.4. The van der Waals surface area contributed by atoms with Gasteiger partial charge >= 0.3 is 5.97 Å². The Hall–Kier alpha value is -0.650. The lowest BCUT2D eigenvalue weighted by Crippen LogP contribution is -2.32. The van der Waals surface area contributed by atoms with Crippen LogP contribution >= 0.6 is 0 Å². The maximum atomic E-state index is 12.7. The lowest BCUT2D eigenvalue weighted by Gasteiger charge is -2.22. The third kappa shape index (κ3) is 26.3. The fourth-order valence-electron chi connectivity index (χ4n) is 5.58. The van der Waals surface area contributed by atoms with Crippen LogP contribution in [0.3, 0.4) is 0 Å². The Morgan fingerprint density at radius 3 is 1.20 bits per heavy atom. The van der Waals surface area contributed by atoms with E-state index in [1.165, 1.54) is 135 Å². The van der Waals surface area contributed by atoms with Gasteiger partial charge in [-0.25, -0.2) is 0 Å². The van der Waals surface area contributed by atoms with Crippen LogP contribution < -0.4 is 0 Å². The maximum Gasteiger partial charge on any atom is 0.311 e. The van der Waals surface area contributed by atoms with Crippen molar-refractivity contribution in [3.63, 3.8) is 0 Å². The summed E-state index contributed by atoms with van der Waals surface area (Å²) in [5.74, 6) is -0.968. The highest BCUT2D eigenvalue weighted by Gasteiger charge is 2.28. The number of aliphatic hydroxyl groups is 3. The van der Waals surface area contributed by atoms with E-state index in [4.69, 9.17) is 9.84 Å². The number of carbonyl (C=O) groups is 1. The first-order chi connectivity index (χ1) is 19.6. The highest BCUT2D eigenvalue weighted by atomic mass is 16.5. The Labute approximate surface area is 249 Å². The van der Waals surface area contributed by atoms with Crippen LogP contribution in [0.4, 0.5) is 0 Å². The lowest BCUT2D eigenvalue weighted by molar-refractivity contribution is -0.156. The van der Waals surface area contributed by atoms with E-state index in [1.54, 1.807) is 0 Å². The number of carbonyl (C=O) groups excluding carboxylic acids is 1. The molecule has 0 aliphatic rings. The van der Waals surface area contributed by atoms with Crippen LogP contribution in [0.2, 0.25) is 0 Å². The van der Waals surface area contributed by atoms with Crippen molar-refractivity contribution >= 4 is 5.97 Å². The SMILES string of the molecule is CCCCCCCCCCCCCCC[C@@H](O)[C@@H](CCCCCCCCCCCCCC)C(=O)OC[C@@H](O)CO. The summed E-state index contributed by atoms with van der Waals surface area (Å²) >= 11 is 0. The molecule has 0 aliphatic carbocycles. The van der Waals surface area contributed by atoms with Gasteiger partial charge in [0.25, 0.3) is 0 Å². The van der Waals surface area contributed by atoms with Gasteiger partial charge in [0.15, 0.2) is 0 Å². The second-order valence-electron chi connectivity index (χ2n) is 12.3. The van der Waals surface area contributed by atoms with Gasteiger partial charge in [0, 0.05) is 0 Å². The second-order valence-corrected chi connectivity index (χ2v) is 12.3. The summed E-state index contributed by atoms with van der Waals surface area (Å²) in [6.07, 6.45) is 31.4. The zero-order valence-electron chi connectivity index (χ0n) is 26.9. The van der Waals surface area contributed by atoms with Gasteiger partial charge in [0.2, 0.25) is 0 Å². The molecule has 0 bridgehead atoms. The summed E-state index contributed by atoms with van der Waals surface area (Å²) in [4.78, 5) is 12.7. The van der Waals surface area contributed by atoms with Gasteiger partial charge in [-0.3, -0.25) is 4.79 Å². The van der Waals surface area contributed by atoms with E-state index in [2.05, 4.69) is 13.8 Å². The van der Waals surface area contributed by atoms with E-state index in [0.29, 0.717) is 12.8 Å². The normalized spacial score (nSPS) is 13.8. The van der Waals surface area contributed by atoms with Crippen LogP contribution in [0.25, 0.3) is 0 Å². The van der Waals surface area contributed by atoms with E-state index in [-0.39, 0.29) is 6.61 Å². The average Bonchev–Trinajstić information content (AvgIpc) is 2.96. The molecule has 0 aromatic heterocycles. The molecule has 0 rings (SSSR count).